The summed E-state index contributed by atoms with van der Waals surface area (Å²) in [6, 6.07) is 7.32. The zero-order valence-corrected chi connectivity index (χ0v) is 15.9. The second kappa shape index (κ2) is 11.4. The molecule has 1 rings (SSSR count). The number of benzene rings is 1. The first kappa shape index (κ1) is 22.8. The Morgan fingerprint density at radius 3 is 2.15 bits per heavy atom. The van der Waals surface area contributed by atoms with Gasteiger partial charge in [0.1, 0.15) is 6.04 Å². The number of nitrogens with two attached hydrogens (primary N) is 2. The average Bonchev–Trinajstić information content (AvgIpc) is 2.67. The van der Waals surface area contributed by atoms with Gasteiger partial charge in [-0.2, -0.15) is 0 Å². The minimum atomic E-state index is -1.21. The van der Waals surface area contributed by atoms with E-state index < -0.39 is 35.9 Å². The third-order valence-electron chi connectivity index (χ3n) is 4.33. The molecule has 1 aromatic rings. The number of rotatable bonds is 11. The van der Waals surface area contributed by atoms with Crippen LogP contribution in [0.1, 0.15) is 25.8 Å². The van der Waals surface area contributed by atoms with E-state index in [2.05, 4.69) is 10.6 Å². The number of hydrogen-bond donors (Lipinski definition) is 5. The van der Waals surface area contributed by atoms with Crippen molar-refractivity contribution in [2.24, 2.45) is 17.4 Å². The molecular formula is C19H30N4O4. The Kier molecular flexibility index (Phi) is 9.63. The van der Waals surface area contributed by atoms with Crippen LogP contribution in [-0.2, 0) is 20.8 Å². The summed E-state index contributed by atoms with van der Waals surface area (Å²) in [4.78, 5) is 36.8. The summed E-state index contributed by atoms with van der Waals surface area (Å²) in [5.41, 5.74) is 12.2. The van der Waals surface area contributed by atoms with Crippen molar-refractivity contribution in [2.75, 3.05) is 13.1 Å². The van der Waals surface area contributed by atoms with Gasteiger partial charge in [-0.3, -0.25) is 14.4 Å². The molecule has 8 nitrogen and oxygen atoms in total. The predicted octanol–water partition coefficient (Wildman–Crippen LogP) is -0.908. The third-order valence-corrected chi connectivity index (χ3v) is 4.33. The molecule has 0 aliphatic carbocycles. The van der Waals surface area contributed by atoms with Gasteiger partial charge in [0.25, 0.3) is 0 Å². The number of aliphatic hydroxyl groups is 1. The maximum Gasteiger partial charge on any atom is 0.245 e. The molecular weight excluding hydrogens is 348 g/mol. The van der Waals surface area contributed by atoms with Crippen molar-refractivity contribution in [3.63, 3.8) is 0 Å². The van der Waals surface area contributed by atoms with E-state index in [1.54, 1.807) is 6.92 Å². The molecule has 0 aromatic heterocycles. The van der Waals surface area contributed by atoms with E-state index in [-0.39, 0.29) is 25.3 Å². The van der Waals surface area contributed by atoms with Crippen molar-refractivity contribution in [3.05, 3.63) is 35.9 Å². The molecule has 4 atom stereocenters. The Bertz CT molecular complexity index is 621. The molecule has 0 aliphatic heterocycles. The molecule has 2 amide bonds. The summed E-state index contributed by atoms with van der Waals surface area (Å²) in [5, 5.41) is 15.0. The molecule has 0 fully saturated rings. The lowest BCUT2D eigenvalue weighted by atomic mass is 9.97. The Balaban J connectivity index is 2.80. The van der Waals surface area contributed by atoms with Crippen molar-refractivity contribution in [1.29, 1.82) is 0 Å². The van der Waals surface area contributed by atoms with Crippen molar-refractivity contribution in [1.82, 2.24) is 10.6 Å². The van der Waals surface area contributed by atoms with E-state index in [0.717, 1.165) is 5.56 Å². The van der Waals surface area contributed by atoms with Gasteiger partial charge in [-0.05, 0) is 18.9 Å². The van der Waals surface area contributed by atoms with Gasteiger partial charge in [-0.25, -0.2) is 0 Å². The third kappa shape index (κ3) is 7.09. The molecule has 0 spiro atoms. The zero-order chi connectivity index (χ0) is 20.4. The van der Waals surface area contributed by atoms with Crippen LogP contribution in [0.25, 0.3) is 0 Å². The number of nitrogens with one attached hydrogen (secondary N) is 2. The number of ketones is 1. The van der Waals surface area contributed by atoms with Crippen LogP contribution >= 0.6 is 0 Å². The Morgan fingerprint density at radius 2 is 1.67 bits per heavy atom. The molecule has 1 aromatic carbocycles. The Labute approximate surface area is 159 Å². The largest absolute Gasteiger partial charge is 0.391 e. The number of amides is 2. The smallest absolute Gasteiger partial charge is 0.245 e. The topological polar surface area (TPSA) is 148 Å². The van der Waals surface area contributed by atoms with Gasteiger partial charge in [-0.15, -0.1) is 0 Å². The van der Waals surface area contributed by atoms with Gasteiger partial charge in [0.05, 0.1) is 18.1 Å². The fourth-order valence-corrected chi connectivity index (χ4v) is 2.64. The SMILES string of the molecule is CCC(=O)[C@H](CN)NC(=O)[C@@H](NC(=O)C(CN)Cc1ccccc1)C(C)O. The minimum absolute atomic E-state index is 0.0572. The van der Waals surface area contributed by atoms with E-state index in [4.69, 9.17) is 11.5 Å². The van der Waals surface area contributed by atoms with Gasteiger partial charge < -0.3 is 27.2 Å². The van der Waals surface area contributed by atoms with Crippen molar-refractivity contribution >= 4 is 17.6 Å². The molecule has 150 valence electrons. The summed E-state index contributed by atoms with van der Waals surface area (Å²) in [7, 11) is 0. The van der Waals surface area contributed by atoms with Gasteiger partial charge >= 0.3 is 0 Å². The lowest BCUT2D eigenvalue weighted by Crippen LogP contribution is -2.58. The van der Waals surface area contributed by atoms with Gasteiger partial charge in [0.15, 0.2) is 5.78 Å². The standard InChI is InChI=1S/C19H30N4O4/c1-3-16(25)15(11-21)22-19(27)17(12(2)24)23-18(26)14(10-20)9-13-7-5-4-6-8-13/h4-8,12,14-15,17,24H,3,9-11,20-21H2,1-2H3,(H,22,27)(H,23,26)/t12?,14?,15-,17-/m0/s1. The highest BCUT2D eigenvalue weighted by Crippen LogP contribution is 2.09. The lowest BCUT2D eigenvalue weighted by molar-refractivity contribution is -0.135. The maximum absolute atomic E-state index is 12.6. The van der Waals surface area contributed by atoms with Crippen molar-refractivity contribution < 1.29 is 19.5 Å². The Morgan fingerprint density at radius 1 is 1.04 bits per heavy atom. The van der Waals surface area contributed by atoms with Crippen LogP contribution in [0.2, 0.25) is 0 Å². The predicted molar refractivity (Wildman–Crippen MR) is 103 cm³/mol. The van der Waals surface area contributed by atoms with Crippen LogP contribution in [0.15, 0.2) is 30.3 Å². The summed E-state index contributed by atoms with van der Waals surface area (Å²) in [5.74, 6) is -1.87. The molecule has 0 aliphatic rings. The monoisotopic (exact) mass is 378 g/mol. The molecule has 0 bridgehead atoms. The molecule has 0 saturated heterocycles. The number of hydrogen-bond acceptors (Lipinski definition) is 6. The highest BCUT2D eigenvalue weighted by Gasteiger charge is 2.30. The highest BCUT2D eigenvalue weighted by atomic mass is 16.3. The van der Waals surface area contributed by atoms with Crippen LogP contribution in [0.5, 0.6) is 0 Å². The highest BCUT2D eigenvalue weighted by molar-refractivity contribution is 5.93. The molecule has 2 unspecified atom stereocenters. The first-order valence-corrected chi connectivity index (χ1v) is 9.09. The first-order valence-electron chi connectivity index (χ1n) is 9.09. The van der Waals surface area contributed by atoms with Crippen LogP contribution in [-0.4, -0.2) is 54.0 Å². The lowest BCUT2D eigenvalue weighted by Gasteiger charge is -2.25. The van der Waals surface area contributed by atoms with E-state index in [9.17, 15) is 19.5 Å². The molecule has 7 N–H and O–H groups in total. The van der Waals surface area contributed by atoms with E-state index >= 15 is 0 Å². The van der Waals surface area contributed by atoms with Crippen LogP contribution < -0.4 is 22.1 Å². The second-order valence-electron chi connectivity index (χ2n) is 6.47. The summed E-state index contributed by atoms with van der Waals surface area (Å²) >= 11 is 0. The number of carbonyl (C=O) groups excluding carboxylic acids is 3. The van der Waals surface area contributed by atoms with Gasteiger partial charge in [-0.1, -0.05) is 37.3 Å². The second-order valence-corrected chi connectivity index (χ2v) is 6.47. The van der Waals surface area contributed by atoms with Crippen LogP contribution in [0.3, 0.4) is 0 Å². The molecule has 27 heavy (non-hydrogen) atoms. The fraction of sp³-hybridized carbons (Fsp3) is 0.526. The average molecular weight is 378 g/mol. The number of Topliss-reactive ketones (excluding diaryl/α,β-unsaturated/α-hetero) is 1. The van der Waals surface area contributed by atoms with Crippen molar-refractivity contribution in [2.45, 2.75) is 44.9 Å². The summed E-state index contributed by atoms with van der Waals surface area (Å²) < 4.78 is 0. The molecule has 0 saturated carbocycles. The molecule has 0 heterocycles. The summed E-state index contributed by atoms with van der Waals surface area (Å²) in [6.45, 7) is 3.09. The van der Waals surface area contributed by atoms with Gasteiger partial charge in [0.2, 0.25) is 11.8 Å². The summed E-state index contributed by atoms with van der Waals surface area (Å²) in [6.07, 6.45) is -0.517. The first-order chi connectivity index (χ1) is 12.8. The van der Waals surface area contributed by atoms with E-state index in [1.165, 1.54) is 6.92 Å². The Hall–Kier alpha value is -2.29. The normalized spacial score (nSPS) is 15.3. The number of aliphatic hydroxyl groups excluding tert-OH is 1. The molecule has 8 heteroatoms. The fourth-order valence-electron chi connectivity index (χ4n) is 2.64. The van der Waals surface area contributed by atoms with Crippen LogP contribution in [0, 0.1) is 5.92 Å². The van der Waals surface area contributed by atoms with Crippen LogP contribution in [0.4, 0.5) is 0 Å². The quantitative estimate of drug-likeness (QED) is 0.337. The van der Waals surface area contributed by atoms with Gasteiger partial charge in [0, 0.05) is 19.5 Å². The van der Waals surface area contributed by atoms with E-state index in [0.29, 0.717) is 6.42 Å². The maximum atomic E-state index is 12.6. The minimum Gasteiger partial charge on any atom is -0.391 e. The number of carbonyl (C=O) groups is 3. The zero-order valence-electron chi connectivity index (χ0n) is 15.9. The molecule has 0 radical (unpaired) electrons. The van der Waals surface area contributed by atoms with Crippen molar-refractivity contribution in [3.8, 4) is 0 Å². The van der Waals surface area contributed by atoms with E-state index in [1.807, 2.05) is 30.3 Å².